The molecule has 0 aliphatic carbocycles. The van der Waals surface area contributed by atoms with E-state index in [1.807, 2.05) is 26.0 Å². The van der Waals surface area contributed by atoms with Crippen molar-refractivity contribution in [1.82, 2.24) is 0 Å². The van der Waals surface area contributed by atoms with Gasteiger partial charge in [0, 0.05) is 5.02 Å². The molecule has 0 amide bonds. The number of hydrogen-bond acceptors (Lipinski definition) is 1. The van der Waals surface area contributed by atoms with Crippen molar-refractivity contribution in [3.05, 3.63) is 33.8 Å². The Hall–Kier alpha value is -0.530. The summed E-state index contributed by atoms with van der Waals surface area (Å²) < 4.78 is 0. The first kappa shape index (κ1) is 10.6. The van der Waals surface area contributed by atoms with Crippen LogP contribution in [-0.2, 0) is 5.60 Å². The van der Waals surface area contributed by atoms with Gasteiger partial charge < -0.3 is 5.11 Å². The van der Waals surface area contributed by atoms with Crippen molar-refractivity contribution < 1.29 is 5.11 Å². The summed E-state index contributed by atoms with van der Waals surface area (Å²) in [7, 11) is 0. The van der Waals surface area contributed by atoms with Crippen LogP contribution in [-0.4, -0.2) is 5.11 Å². The lowest BCUT2D eigenvalue weighted by molar-refractivity contribution is 0.0779. The van der Waals surface area contributed by atoms with Crippen LogP contribution in [0.25, 0.3) is 0 Å². The molecule has 72 valence electrons. The summed E-state index contributed by atoms with van der Waals surface area (Å²) in [5.74, 6) is 0. The van der Waals surface area contributed by atoms with E-state index >= 15 is 0 Å². The van der Waals surface area contributed by atoms with Gasteiger partial charge in [0.25, 0.3) is 0 Å². The highest BCUT2D eigenvalue weighted by atomic mass is 35.5. The highest BCUT2D eigenvalue weighted by molar-refractivity contribution is 6.31. The van der Waals surface area contributed by atoms with E-state index in [9.17, 15) is 5.11 Å². The van der Waals surface area contributed by atoms with E-state index in [0.29, 0.717) is 0 Å². The van der Waals surface area contributed by atoms with Gasteiger partial charge in [-0.3, -0.25) is 0 Å². The quantitative estimate of drug-likeness (QED) is 0.735. The van der Waals surface area contributed by atoms with Gasteiger partial charge in [-0.05, 0) is 50.5 Å². The maximum Gasteiger partial charge on any atom is 0.0843 e. The fourth-order valence-electron chi connectivity index (χ4n) is 1.44. The minimum Gasteiger partial charge on any atom is -0.386 e. The number of halogens is 1. The second kappa shape index (κ2) is 3.32. The highest BCUT2D eigenvalue weighted by Gasteiger charge is 2.19. The normalized spacial score (nSPS) is 11.8. The summed E-state index contributed by atoms with van der Waals surface area (Å²) in [4.78, 5) is 0. The van der Waals surface area contributed by atoms with Gasteiger partial charge in [0.2, 0.25) is 0 Å². The van der Waals surface area contributed by atoms with Crippen molar-refractivity contribution in [3.8, 4) is 0 Å². The average Bonchev–Trinajstić information content (AvgIpc) is 1.94. The third kappa shape index (κ3) is 2.23. The van der Waals surface area contributed by atoms with Crippen molar-refractivity contribution in [2.75, 3.05) is 0 Å². The molecular formula is C11H15ClO. The lowest BCUT2D eigenvalue weighted by Crippen LogP contribution is -2.17. The second-order valence-corrected chi connectivity index (χ2v) is 4.38. The molecule has 0 unspecified atom stereocenters. The molecule has 0 fully saturated rings. The molecule has 0 heterocycles. The minimum absolute atomic E-state index is 0.755. The van der Waals surface area contributed by atoms with E-state index in [-0.39, 0.29) is 0 Å². The Morgan fingerprint density at radius 2 is 1.69 bits per heavy atom. The molecule has 1 aromatic rings. The molecule has 1 aromatic carbocycles. The van der Waals surface area contributed by atoms with Crippen LogP contribution in [0.1, 0.15) is 30.5 Å². The molecule has 0 aromatic heterocycles. The van der Waals surface area contributed by atoms with Crippen LogP contribution in [0.15, 0.2) is 12.1 Å². The van der Waals surface area contributed by atoms with Gasteiger partial charge in [0.05, 0.1) is 5.60 Å². The fourth-order valence-corrected chi connectivity index (χ4v) is 1.66. The molecule has 0 bridgehead atoms. The van der Waals surface area contributed by atoms with Crippen molar-refractivity contribution in [1.29, 1.82) is 0 Å². The van der Waals surface area contributed by atoms with E-state index in [2.05, 4.69) is 0 Å². The van der Waals surface area contributed by atoms with Gasteiger partial charge in [0.1, 0.15) is 0 Å². The van der Waals surface area contributed by atoms with Gasteiger partial charge in [-0.15, -0.1) is 0 Å². The zero-order valence-corrected chi connectivity index (χ0v) is 9.24. The van der Waals surface area contributed by atoms with Gasteiger partial charge in [-0.25, -0.2) is 0 Å². The lowest BCUT2D eigenvalue weighted by atomic mass is 9.92. The number of hydrogen-bond donors (Lipinski definition) is 1. The largest absolute Gasteiger partial charge is 0.386 e. The fraction of sp³-hybridized carbons (Fsp3) is 0.455. The molecule has 0 saturated carbocycles. The third-order valence-corrected chi connectivity index (χ3v) is 2.57. The van der Waals surface area contributed by atoms with E-state index in [4.69, 9.17) is 11.6 Å². The van der Waals surface area contributed by atoms with Crippen molar-refractivity contribution in [3.63, 3.8) is 0 Å². The van der Waals surface area contributed by atoms with E-state index in [0.717, 1.165) is 21.7 Å². The predicted molar refractivity (Wildman–Crippen MR) is 56.2 cm³/mol. The Kier molecular flexibility index (Phi) is 2.69. The molecule has 1 nitrogen and oxygen atoms in total. The lowest BCUT2D eigenvalue weighted by Gasteiger charge is -2.21. The van der Waals surface area contributed by atoms with Crippen molar-refractivity contribution >= 4 is 11.6 Å². The molecule has 1 rings (SSSR count). The molecule has 0 atom stereocenters. The van der Waals surface area contributed by atoms with Crippen LogP contribution in [0.3, 0.4) is 0 Å². The average molecular weight is 199 g/mol. The van der Waals surface area contributed by atoms with Crippen LogP contribution in [0.4, 0.5) is 0 Å². The van der Waals surface area contributed by atoms with Gasteiger partial charge >= 0.3 is 0 Å². The summed E-state index contributed by atoms with van der Waals surface area (Å²) in [6, 6.07) is 3.84. The number of benzene rings is 1. The molecule has 0 aliphatic heterocycles. The predicted octanol–water partition coefficient (Wildman–Crippen LogP) is 3.18. The van der Waals surface area contributed by atoms with Crippen LogP contribution < -0.4 is 0 Å². The van der Waals surface area contributed by atoms with Crippen molar-refractivity contribution in [2.45, 2.75) is 33.3 Å². The summed E-state index contributed by atoms with van der Waals surface area (Å²) in [6.07, 6.45) is 0. The van der Waals surface area contributed by atoms with E-state index in [1.54, 1.807) is 13.8 Å². The van der Waals surface area contributed by atoms with Crippen LogP contribution >= 0.6 is 11.6 Å². The molecule has 1 N–H and O–H groups in total. The molecule has 0 spiro atoms. The van der Waals surface area contributed by atoms with Gasteiger partial charge in [-0.1, -0.05) is 17.7 Å². The van der Waals surface area contributed by atoms with Crippen molar-refractivity contribution in [2.24, 2.45) is 0 Å². The Labute approximate surface area is 84.4 Å². The summed E-state index contributed by atoms with van der Waals surface area (Å²) in [5, 5.41) is 10.6. The van der Waals surface area contributed by atoms with Crippen LogP contribution in [0.2, 0.25) is 5.02 Å². The molecule has 0 radical (unpaired) electrons. The van der Waals surface area contributed by atoms with Crippen LogP contribution in [0, 0.1) is 13.8 Å². The Morgan fingerprint density at radius 3 is 2.15 bits per heavy atom. The van der Waals surface area contributed by atoms with Gasteiger partial charge in [0.15, 0.2) is 0 Å². The standard InChI is InChI=1S/C11H15ClO/c1-7-6-10(12)8(2)5-9(7)11(3,4)13/h5-6,13H,1-4H3. The Bertz CT molecular complexity index is 324. The first-order chi connectivity index (χ1) is 5.82. The Morgan fingerprint density at radius 1 is 1.15 bits per heavy atom. The summed E-state index contributed by atoms with van der Waals surface area (Å²) in [6.45, 7) is 7.46. The SMILES string of the molecule is Cc1cc(C(C)(C)O)c(C)cc1Cl. The van der Waals surface area contributed by atoms with Gasteiger partial charge in [-0.2, -0.15) is 0 Å². The Balaban J connectivity index is 3.32. The first-order valence-electron chi connectivity index (χ1n) is 4.32. The smallest absolute Gasteiger partial charge is 0.0843 e. The van der Waals surface area contributed by atoms with Crippen LogP contribution in [0.5, 0.6) is 0 Å². The minimum atomic E-state index is -0.792. The summed E-state index contributed by atoms with van der Waals surface area (Å²) in [5.41, 5.74) is 2.18. The van der Waals surface area contributed by atoms with E-state index < -0.39 is 5.60 Å². The maximum atomic E-state index is 9.84. The van der Waals surface area contributed by atoms with E-state index in [1.165, 1.54) is 0 Å². The molecule has 2 heteroatoms. The topological polar surface area (TPSA) is 20.2 Å². The highest BCUT2D eigenvalue weighted by Crippen LogP contribution is 2.28. The molecule has 13 heavy (non-hydrogen) atoms. The second-order valence-electron chi connectivity index (χ2n) is 3.98. The zero-order valence-electron chi connectivity index (χ0n) is 8.48. The summed E-state index contributed by atoms with van der Waals surface area (Å²) >= 11 is 5.95. The number of aliphatic hydroxyl groups is 1. The number of aryl methyl sites for hydroxylation is 2. The third-order valence-electron chi connectivity index (χ3n) is 2.16. The number of rotatable bonds is 1. The molecular weight excluding hydrogens is 184 g/mol. The maximum absolute atomic E-state index is 9.84. The molecule has 0 saturated heterocycles. The monoisotopic (exact) mass is 198 g/mol. The first-order valence-corrected chi connectivity index (χ1v) is 4.70. The zero-order chi connectivity index (χ0) is 10.2. The molecule has 0 aliphatic rings.